The van der Waals surface area contributed by atoms with E-state index in [2.05, 4.69) is 15.5 Å². The number of aromatic nitrogens is 2. The van der Waals surface area contributed by atoms with Crippen molar-refractivity contribution in [2.24, 2.45) is 0 Å². The van der Waals surface area contributed by atoms with Gasteiger partial charge in [-0.3, -0.25) is 10.1 Å². The molecule has 6 heteroatoms. The molecule has 0 bridgehead atoms. The number of amides is 1. The van der Waals surface area contributed by atoms with Gasteiger partial charge in [0.15, 0.2) is 0 Å². The van der Waals surface area contributed by atoms with Crippen molar-refractivity contribution in [3.8, 4) is 0 Å². The molecule has 22 heavy (non-hydrogen) atoms. The van der Waals surface area contributed by atoms with Gasteiger partial charge in [0.1, 0.15) is 10.8 Å². The van der Waals surface area contributed by atoms with Gasteiger partial charge in [-0.1, -0.05) is 41.7 Å². The average Bonchev–Trinajstić information content (AvgIpc) is 3.18. The topological polar surface area (TPSA) is 68.0 Å². The van der Waals surface area contributed by atoms with E-state index in [0.717, 1.165) is 10.6 Å². The first kappa shape index (κ1) is 14.2. The Bertz CT molecular complexity index is 764. The van der Waals surface area contributed by atoms with E-state index in [1.807, 2.05) is 30.3 Å². The third kappa shape index (κ3) is 3.89. The van der Waals surface area contributed by atoms with Gasteiger partial charge < -0.3 is 4.42 Å². The fraction of sp³-hybridized carbons (Fsp3) is 0.0625. The van der Waals surface area contributed by atoms with Gasteiger partial charge in [0.2, 0.25) is 11.0 Å². The predicted molar refractivity (Wildman–Crippen MR) is 85.5 cm³/mol. The van der Waals surface area contributed by atoms with E-state index >= 15 is 0 Å². The molecule has 0 saturated carbocycles. The monoisotopic (exact) mass is 311 g/mol. The van der Waals surface area contributed by atoms with Gasteiger partial charge in [0.25, 0.3) is 0 Å². The van der Waals surface area contributed by atoms with Crippen LogP contribution in [0.3, 0.4) is 0 Å². The Hall–Kier alpha value is -2.73. The number of benzene rings is 1. The third-order valence-corrected chi connectivity index (χ3v) is 3.68. The van der Waals surface area contributed by atoms with Gasteiger partial charge in [0, 0.05) is 12.5 Å². The van der Waals surface area contributed by atoms with Crippen LogP contribution in [0, 0.1) is 0 Å². The molecular weight excluding hydrogens is 298 g/mol. The zero-order valence-corrected chi connectivity index (χ0v) is 12.4. The Morgan fingerprint density at radius 3 is 2.82 bits per heavy atom. The standard InChI is InChI=1S/C16H13N3O2S/c20-14(9-8-13-7-4-10-21-13)17-16-19-18-15(22-16)11-12-5-2-1-3-6-12/h1-10H,11H2,(H,17,19,20). The van der Waals surface area contributed by atoms with Gasteiger partial charge in [-0.05, 0) is 23.8 Å². The Morgan fingerprint density at radius 1 is 1.18 bits per heavy atom. The van der Waals surface area contributed by atoms with Crippen LogP contribution in [0.1, 0.15) is 16.3 Å². The summed E-state index contributed by atoms with van der Waals surface area (Å²) in [6.45, 7) is 0. The molecule has 1 amide bonds. The van der Waals surface area contributed by atoms with E-state index in [9.17, 15) is 4.79 Å². The van der Waals surface area contributed by atoms with Crippen molar-refractivity contribution in [1.29, 1.82) is 0 Å². The van der Waals surface area contributed by atoms with Crippen molar-refractivity contribution in [3.63, 3.8) is 0 Å². The number of carbonyl (C=O) groups excluding carboxylic acids is 1. The SMILES string of the molecule is O=C(C=Cc1ccco1)Nc1nnc(Cc2ccccc2)s1. The molecule has 0 atom stereocenters. The van der Waals surface area contributed by atoms with Gasteiger partial charge in [-0.15, -0.1) is 10.2 Å². The van der Waals surface area contributed by atoms with Crippen LogP contribution in [0.25, 0.3) is 6.08 Å². The first-order chi connectivity index (χ1) is 10.8. The molecule has 2 heterocycles. The first-order valence-electron chi connectivity index (χ1n) is 6.68. The van der Waals surface area contributed by atoms with Crippen molar-refractivity contribution in [2.75, 3.05) is 5.32 Å². The number of hydrogen-bond donors (Lipinski definition) is 1. The van der Waals surface area contributed by atoms with E-state index in [4.69, 9.17) is 4.42 Å². The van der Waals surface area contributed by atoms with Crippen LogP contribution >= 0.6 is 11.3 Å². The Morgan fingerprint density at radius 2 is 2.05 bits per heavy atom. The molecule has 0 fully saturated rings. The lowest BCUT2D eigenvalue weighted by atomic mass is 10.2. The Balaban J connectivity index is 1.58. The summed E-state index contributed by atoms with van der Waals surface area (Å²) >= 11 is 1.37. The van der Waals surface area contributed by atoms with Crippen LogP contribution in [-0.2, 0) is 11.2 Å². The second-order valence-corrected chi connectivity index (χ2v) is 5.56. The summed E-state index contributed by atoms with van der Waals surface area (Å²) in [6.07, 6.45) is 5.26. The van der Waals surface area contributed by atoms with Gasteiger partial charge in [0.05, 0.1) is 6.26 Å². The second-order valence-electron chi connectivity index (χ2n) is 4.50. The van der Waals surface area contributed by atoms with Crippen LogP contribution in [0.15, 0.2) is 59.2 Å². The van der Waals surface area contributed by atoms with Crippen LogP contribution in [0.2, 0.25) is 0 Å². The zero-order valence-electron chi connectivity index (χ0n) is 11.6. The number of furan rings is 1. The summed E-state index contributed by atoms with van der Waals surface area (Å²) in [5.41, 5.74) is 1.16. The summed E-state index contributed by atoms with van der Waals surface area (Å²) < 4.78 is 5.11. The van der Waals surface area contributed by atoms with Crippen LogP contribution in [0.5, 0.6) is 0 Å². The van der Waals surface area contributed by atoms with Gasteiger partial charge in [-0.2, -0.15) is 0 Å². The lowest BCUT2D eigenvalue weighted by Gasteiger charge is -1.95. The molecule has 0 radical (unpaired) electrons. The molecule has 0 aliphatic carbocycles. The number of nitrogens with one attached hydrogen (secondary N) is 1. The van der Waals surface area contributed by atoms with E-state index in [-0.39, 0.29) is 5.91 Å². The summed E-state index contributed by atoms with van der Waals surface area (Å²) in [5, 5.41) is 12.1. The summed E-state index contributed by atoms with van der Waals surface area (Å²) in [4.78, 5) is 11.8. The van der Waals surface area contributed by atoms with Crippen molar-refractivity contribution in [2.45, 2.75) is 6.42 Å². The fourth-order valence-corrected chi connectivity index (χ4v) is 2.61. The molecule has 1 N–H and O–H groups in total. The summed E-state index contributed by atoms with van der Waals surface area (Å²) in [6, 6.07) is 13.5. The van der Waals surface area contributed by atoms with Crippen molar-refractivity contribution in [1.82, 2.24) is 10.2 Å². The molecule has 5 nitrogen and oxygen atoms in total. The van der Waals surface area contributed by atoms with Gasteiger partial charge in [-0.25, -0.2) is 0 Å². The smallest absolute Gasteiger partial charge is 0.250 e. The van der Waals surface area contributed by atoms with E-state index < -0.39 is 0 Å². The molecule has 0 unspecified atom stereocenters. The van der Waals surface area contributed by atoms with E-state index in [1.165, 1.54) is 17.4 Å². The highest BCUT2D eigenvalue weighted by Crippen LogP contribution is 2.18. The Labute approximate surface area is 131 Å². The lowest BCUT2D eigenvalue weighted by Crippen LogP contribution is -2.07. The van der Waals surface area contributed by atoms with E-state index in [0.29, 0.717) is 17.3 Å². The van der Waals surface area contributed by atoms with Crippen LogP contribution in [-0.4, -0.2) is 16.1 Å². The minimum absolute atomic E-state index is 0.265. The highest BCUT2D eigenvalue weighted by molar-refractivity contribution is 7.15. The normalized spacial score (nSPS) is 10.9. The minimum atomic E-state index is -0.265. The summed E-state index contributed by atoms with van der Waals surface area (Å²) in [5.74, 6) is 0.357. The molecule has 0 spiro atoms. The highest BCUT2D eigenvalue weighted by Gasteiger charge is 2.07. The maximum absolute atomic E-state index is 11.8. The number of rotatable bonds is 5. The second kappa shape index (κ2) is 6.82. The number of anilines is 1. The number of carbonyl (C=O) groups is 1. The molecule has 2 aromatic heterocycles. The average molecular weight is 311 g/mol. The quantitative estimate of drug-likeness (QED) is 0.734. The number of nitrogens with zero attached hydrogens (tertiary/aromatic N) is 2. The van der Waals surface area contributed by atoms with Crippen LogP contribution in [0.4, 0.5) is 5.13 Å². The molecule has 110 valence electrons. The highest BCUT2D eigenvalue weighted by atomic mass is 32.1. The fourth-order valence-electron chi connectivity index (χ4n) is 1.84. The van der Waals surface area contributed by atoms with E-state index in [1.54, 1.807) is 24.5 Å². The molecule has 3 rings (SSSR count). The van der Waals surface area contributed by atoms with Crippen molar-refractivity contribution >= 4 is 28.5 Å². The van der Waals surface area contributed by atoms with Crippen molar-refractivity contribution < 1.29 is 9.21 Å². The number of hydrogen-bond acceptors (Lipinski definition) is 5. The zero-order chi connectivity index (χ0) is 15.2. The molecule has 1 aromatic carbocycles. The molecule has 0 saturated heterocycles. The third-order valence-electron chi connectivity index (χ3n) is 2.84. The van der Waals surface area contributed by atoms with Gasteiger partial charge >= 0.3 is 0 Å². The predicted octanol–water partition coefficient (Wildman–Crippen LogP) is 3.37. The lowest BCUT2D eigenvalue weighted by molar-refractivity contribution is -0.111. The first-order valence-corrected chi connectivity index (χ1v) is 7.50. The van der Waals surface area contributed by atoms with Crippen molar-refractivity contribution in [3.05, 3.63) is 71.1 Å². The molecule has 0 aliphatic rings. The maximum atomic E-state index is 11.8. The maximum Gasteiger partial charge on any atom is 0.250 e. The Kier molecular flexibility index (Phi) is 4.41. The molecular formula is C16H13N3O2S. The summed E-state index contributed by atoms with van der Waals surface area (Å²) in [7, 11) is 0. The largest absolute Gasteiger partial charge is 0.465 e. The van der Waals surface area contributed by atoms with Crippen LogP contribution < -0.4 is 5.32 Å². The minimum Gasteiger partial charge on any atom is -0.465 e. The molecule has 0 aliphatic heterocycles. The molecule has 3 aromatic rings.